The zero-order chi connectivity index (χ0) is 22.9. The van der Waals surface area contributed by atoms with E-state index in [1.54, 1.807) is 0 Å². The van der Waals surface area contributed by atoms with Crippen molar-refractivity contribution in [3.05, 3.63) is 35.4 Å². The monoisotopic (exact) mass is 449 g/mol. The predicted molar refractivity (Wildman–Crippen MR) is 127 cm³/mol. The van der Waals surface area contributed by atoms with E-state index >= 15 is 0 Å². The molecule has 2 N–H and O–H groups in total. The maximum Gasteiger partial charge on any atom is 0.225 e. The Morgan fingerprint density at radius 3 is 2.52 bits per heavy atom. The van der Waals surface area contributed by atoms with Crippen LogP contribution in [0.3, 0.4) is 0 Å². The van der Waals surface area contributed by atoms with E-state index in [2.05, 4.69) is 36.9 Å². The summed E-state index contributed by atoms with van der Waals surface area (Å²) in [6.07, 6.45) is 3.98. The molecule has 0 aromatic carbocycles. The van der Waals surface area contributed by atoms with Crippen molar-refractivity contribution in [1.82, 2.24) is 30.0 Å². The van der Waals surface area contributed by atoms with Crippen LogP contribution in [-0.4, -0.2) is 76.3 Å². The van der Waals surface area contributed by atoms with Crippen LogP contribution in [0.25, 0.3) is 11.3 Å². The minimum absolute atomic E-state index is 0.213. The fourth-order valence-electron chi connectivity index (χ4n) is 4.68. The summed E-state index contributed by atoms with van der Waals surface area (Å²) < 4.78 is 5.62. The number of piperazine rings is 1. The van der Waals surface area contributed by atoms with Crippen molar-refractivity contribution < 1.29 is 4.52 Å². The van der Waals surface area contributed by atoms with Gasteiger partial charge in [0, 0.05) is 69.2 Å². The van der Waals surface area contributed by atoms with E-state index in [0.717, 1.165) is 86.5 Å². The highest BCUT2D eigenvalue weighted by Gasteiger charge is 2.29. The molecule has 0 spiro atoms. The van der Waals surface area contributed by atoms with Gasteiger partial charge in [-0.2, -0.15) is 4.98 Å². The lowest BCUT2D eigenvalue weighted by Gasteiger charge is -2.35. The second kappa shape index (κ2) is 8.93. The number of likely N-dealkylation sites (N-methyl/N-ethyl adjacent to an activating group) is 1. The van der Waals surface area contributed by atoms with Crippen molar-refractivity contribution in [2.45, 2.75) is 32.6 Å². The minimum Gasteiger partial charge on any atom is -0.368 e. The molecule has 174 valence electrons. The van der Waals surface area contributed by atoms with Gasteiger partial charge in [0.1, 0.15) is 5.82 Å². The highest BCUT2D eigenvalue weighted by atomic mass is 16.5. The van der Waals surface area contributed by atoms with E-state index < -0.39 is 0 Å². The number of rotatable bonds is 4. The van der Waals surface area contributed by atoms with Crippen LogP contribution in [0.2, 0.25) is 0 Å². The second-order valence-corrected chi connectivity index (χ2v) is 9.10. The topological polar surface area (TPSA) is 113 Å². The molecule has 3 aromatic rings. The Bertz CT molecular complexity index is 1100. The van der Waals surface area contributed by atoms with Gasteiger partial charge in [-0.05, 0) is 33.7 Å². The zero-order valence-electron chi connectivity index (χ0n) is 19.5. The fourth-order valence-corrected chi connectivity index (χ4v) is 4.68. The molecule has 3 aromatic heterocycles. The molecule has 10 heteroatoms. The molecular formula is C23H31N9O. The van der Waals surface area contributed by atoms with Gasteiger partial charge in [0.05, 0.1) is 17.0 Å². The van der Waals surface area contributed by atoms with Crippen LogP contribution in [-0.2, 0) is 0 Å². The third-order valence-corrected chi connectivity index (χ3v) is 6.48. The van der Waals surface area contributed by atoms with E-state index in [1.807, 2.05) is 32.2 Å². The molecule has 0 amide bonds. The summed E-state index contributed by atoms with van der Waals surface area (Å²) in [5.74, 6) is 2.90. The number of hydrogen-bond acceptors (Lipinski definition) is 10. The Labute approximate surface area is 193 Å². The number of hydrogen-bond donors (Lipinski definition) is 1. The molecule has 0 radical (unpaired) electrons. The lowest BCUT2D eigenvalue weighted by Crippen LogP contribution is -2.45. The summed E-state index contributed by atoms with van der Waals surface area (Å²) in [6, 6.07) is 3.95. The molecule has 2 fully saturated rings. The van der Waals surface area contributed by atoms with Crippen LogP contribution >= 0.6 is 0 Å². The number of anilines is 3. The molecule has 10 nitrogen and oxygen atoms in total. The Hall–Kier alpha value is -3.27. The summed E-state index contributed by atoms with van der Waals surface area (Å²) >= 11 is 0. The summed E-state index contributed by atoms with van der Waals surface area (Å²) in [5, 5.41) is 4.09. The number of nitrogens with zero attached hydrogens (tertiary/aromatic N) is 8. The molecule has 0 bridgehead atoms. The zero-order valence-corrected chi connectivity index (χ0v) is 19.5. The van der Waals surface area contributed by atoms with Crippen molar-refractivity contribution in [1.29, 1.82) is 0 Å². The molecular weight excluding hydrogens is 418 g/mol. The van der Waals surface area contributed by atoms with Crippen LogP contribution in [0.15, 0.2) is 22.9 Å². The van der Waals surface area contributed by atoms with E-state index in [-0.39, 0.29) is 5.92 Å². The standard InChI is InChI=1S/C23H31N9O/c1-15-12-20(27-22(24)26-15)32-6-4-5-17(14-32)21-18(19-11-16(2)29-33-19)13-25-23(28-21)31-9-7-30(3)8-10-31/h11-13,17H,4-10,14H2,1-3H3,(H2,24,26,27)/t17-/m0/s1. The van der Waals surface area contributed by atoms with Crippen LogP contribution in [0.1, 0.15) is 35.8 Å². The van der Waals surface area contributed by atoms with Crippen LogP contribution in [0.4, 0.5) is 17.7 Å². The Kier molecular flexibility index (Phi) is 5.84. The Balaban J connectivity index is 1.49. The number of nitrogen functional groups attached to an aromatic ring is 1. The fraction of sp³-hybridized carbons (Fsp3) is 0.522. The largest absolute Gasteiger partial charge is 0.368 e. The minimum atomic E-state index is 0.213. The highest BCUT2D eigenvalue weighted by molar-refractivity contribution is 5.62. The van der Waals surface area contributed by atoms with Gasteiger partial charge < -0.3 is 25.0 Å². The first-order valence-electron chi connectivity index (χ1n) is 11.6. The average Bonchev–Trinajstić information content (AvgIpc) is 3.25. The quantitative estimate of drug-likeness (QED) is 0.636. The molecule has 0 saturated carbocycles. The van der Waals surface area contributed by atoms with Crippen molar-refractivity contribution in [3.8, 4) is 11.3 Å². The van der Waals surface area contributed by atoms with Gasteiger partial charge in [0.15, 0.2) is 5.76 Å². The summed E-state index contributed by atoms with van der Waals surface area (Å²) in [4.78, 5) is 25.4. The van der Waals surface area contributed by atoms with E-state index in [0.29, 0.717) is 11.7 Å². The normalized spacial score (nSPS) is 19.8. The molecule has 5 rings (SSSR count). The van der Waals surface area contributed by atoms with Gasteiger partial charge in [0.2, 0.25) is 11.9 Å². The van der Waals surface area contributed by atoms with E-state index in [9.17, 15) is 0 Å². The molecule has 1 atom stereocenters. The lowest BCUT2D eigenvalue weighted by atomic mass is 9.91. The van der Waals surface area contributed by atoms with Gasteiger partial charge in [-0.3, -0.25) is 0 Å². The van der Waals surface area contributed by atoms with Crippen molar-refractivity contribution in [2.75, 3.05) is 61.8 Å². The third-order valence-electron chi connectivity index (χ3n) is 6.48. The van der Waals surface area contributed by atoms with Crippen molar-refractivity contribution in [3.63, 3.8) is 0 Å². The summed E-state index contributed by atoms with van der Waals surface area (Å²) in [5.41, 5.74) is 9.57. The summed E-state index contributed by atoms with van der Waals surface area (Å²) in [6.45, 7) is 9.46. The lowest BCUT2D eigenvalue weighted by molar-refractivity contribution is 0.311. The van der Waals surface area contributed by atoms with Crippen LogP contribution < -0.4 is 15.5 Å². The number of aryl methyl sites for hydroxylation is 2. The number of piperidine rings is 1. The molecule has 2 aliphatic heterocycles. The Morgan fingerprint density at radius 2 is 1.79 bits per heavy atom. The van der Waals surface area contributed by atoms with Crippen LogP contribution in [0.5, 0.6) is 0 Å². The maximum absolute atomic E-state index is 5.93. The van der Waals surface area contributed by atoms with Crippen molar-refractivity contribution in [2.24, 2.45) is 0 Å². The first-order valence-corrected chi connectivity index (χ1v) is 11.6. The van der Waals surface area contributed by atoms with E-state index in [4.69, 9.17) is 20.2 Å². The van der Waals surface area contributed by atoms with Crippen LogP contribution in [0, 0.1) is 13.8 Å². The number of aromatic nitrogens is 5. The molecule has 0 unspecified atom stereocenters. The molecule has 33 heavy (non-hydrogen) atoms. The SMILES string of the molecule is Cc1cc(-c2cnc(N3CCN(C)CC3)nc2[C@H]2CCCN(c3cc(C)nc(N)n3)C2)on1. The Morgan fingerprint density at radius 1 is 0.970 bits per heavy atom. The van der Waals surface area contributed by atoms with Gasteiger partial charge >= 0.3 is 0 Å². The highest BCUT2D eigenvalue weighted by Crippen LogP contribution is 2.35. The molecule has 0 aliphatic carbocycles. The molecule has 2 aliphatic rings. The average molecular weight is 450 g/mol. The number of nitrogens with two attached hydrogens (primary N) is 1. The first-order chi connectivity index (χ1) is 16.0. The third kappa shape index (κ3) is 4.61. The second-order valence-electron chi connectivity index (χ2n) is 9.10. The van der Waals surface area contributed by atoms with Gasteiger partial charge in [-0.15, -0.1) is 0 Å². The van der Waals surface area contributed by atoms with Gasteiger partial charge in [-0.1, -0.05) is 5.16 Å². The van der Waals surface area contributed by atoms with Gasteiger partial charge in [0.25, 0.3) is 0 Å². The van der Waals surface area contributed by atoms with E-state index in [1.165, 1.54) is 0 Å². The van der Waals surface area contributed by atoms with Gasteiger partial charge in [-0.25, -0.2) is 15.0 Å². The maximum atomic E-state index is 5.93. The predicted octanol–water partition coefficient (Wildman–Crippen LogP) is 2.26. The first kappa shape index (κ1) is 21.6. The van der Waals surface area contributed by atoms with Crippen molar-refractivity contribution >= 4 is 17.7 Å². The molecule has 5 heterocycles. The molecule has 2 saturated heterocycles. The summed E-state index contributed by atoms with van der Waals surface area (Å²) in [7, 11) is 2.15. The smallest absolute Gasteiger partial charge is 0.225 e.